The first-order valence-electron chi connectivity index (χ1n) is 36.1. The maximum Gasteiger partial charge on any atom is 0.472 e. The molecular formula is C76H138N2O7P+. The van der Waals surface area contributed by atoms with E-state index in [1.54, 1.807) is 0 Å². The Morgan fingerprint density at radius 3 is 1.13 bits per heavy atom. The summed E-state index contributed by atoms with van der Waals surface area (Å²) in [5, 5.41) is 3.07. The van der Waals surface area contributed by atoms with Crippen molar-refractivity contribution in [2.75, 3.05) is 40.9 Å². The second-order valence-corrected chi connectivity index (χ2v) is 26.8. The first-order chi connectivity index (χ1) is 41.9. The van der Waals surface area contributed by atoms with Gasteiger partial charge in [0.15, 0.2) is 0 Å². The van der Waals surface area contributed by atoms with E-state index in [1.165, 1.54) is 167 Å². The molecule has 0 spiro atoms. The highest BCUT2D eigenvalue weighted by Gasteiger charge is 2.30. The molecule has 9 nitrogen and oxygen atoms in total. The molecule has 10 heteroatoms. The van der Waals surface area contributed by atoms with Gasteiger partial charge in [-0.15, -0.1) is 0 Å². The van der Waals surface area contributed by atoms with Crippen LogP contribution in [-0.2, 0) is 27.9 Å². The molecular weight excluding hydrogens is 1080 g/mol. The number of carbonyl (C=O) groups excluding carboxylic acids is 2. The number of phosphoric acid groups is 1. The lowest BCUT2D eigenvalue weighted by Gasteiger charge is -2.27. The summed E-state index contributed by atoms with van der Waals surface area (Å²) in [6.45, 7) is 6.91. The number of allylic oxidation sites excluding steroid dienone is 15. The summed E-state index contributed by atoms with van der Waals surface area (Å²) in [4.78, 5) is 37.9. The van der Waals surface area contributed by atoms with Crippen LogP contribution >= 0.6 is 7.82 Å². The second-order valence-electron chi connectivity index (χ2n) is 25.4. The van der Waals surface area contributed by atoms with Crippen molar-refractivity contribution in [3.8, 4) is 0 Å². The monoisotopic (exact) mass is 1220 g/mol. The highest BCUT2D eigenvalue weighted by Crippen LogP contribution is 2.43. The number of likely N-dealkylation sites (N-methyl/N-ethyl adjacent to an activating group) is 1. The van der Waals surface area contributed by atoms with Crippen molar-refractivity contribution >= 4 is 19.7 Å². The van der Waals surface area contributed by atoms with Crippen LogP contribution in [0.4, 0.5) is 0 Å². The number of quaternary nitrogens is 1. The number of amides is 1. The van der Waals surface area contributed by atoms with Gasteiger partial charge in [0, 0.05) is 12.8 Å². The third-order valence-corrected chi connectivity index (χ3v) is 16.7. The molecule has 0 saturated heterocycles. The van der Waals surface area contributed by atoms with Gasteiger partial charge in [-0.05, 0) is 109 Å². The first kappa shape index (κ1) is 82.9. The van der Waals surface area contributed by atoms with E-state index in [0.29, 0.717) is 17.4 Å². The van der Waals surface area contributed by atoms with Gasteiger partial charge in [-0.3, -0.25) is 18.6 Å². The molecule has 498 valence electrons. The molecule has 0 aliphatic heterocycles. The average molecular weight is 1220 g/mol. The molecule has 3 atom stereocenters. The predicted molar refractivity (Wildman–Crippen MR) is 374 cm³/mol. The van der Waals surface area contributed by atoms with Gasteiger partial charge in [-0.1, -0.05) is 298 Å². The molecule has 0 heterocycles. The molecule has 0 aromatic carbocycles. The maximum atomic E-state index is 13.6. The zero-order valence-electron chi connectivity index (χ0n) is 57.0. The number of hydrogen-bond acceptors (Lipinski definition) is 6. The number of nitrogens with one attached hydrogen (secondary N) is 1. The molecule has 2 N–H and O–H groups in total. The number of hydrogen-bond donors (Lipinski definition) is 2. The molecule has 3 unspecified atom stereocenters. The minimum absolute atomic E-state index is 0.0345. The molecule has 0 fully saturated rings. The Labute approximate surface area is 532 Å². The van der Waals surface area contributed by atoms with Gasteiger partial charge >= 0.3 is 13.8 Å². The van der Waals surface area contributed by atoms with Gasteiger partial charge in [0.05, 0.1) is 33.8 Å². The molecule has 0 radical (unpaired) electrons. The van der Waals surface area contributed by atoms with Crippen molar-refractivity contribution in [2.24, 2.45) is 0 Å². The van der Waals surface area contributed by atoms with Crippen molar-refractivity contribution in [1.82, 2.24) is 5.32 Å². The van der Waals surface area contributed by atoms with Gasteiger partial charge in [-0.2, -0.15) is 0 Å². The number of carbonyl (C=O) groups is 2. The minimum atomic E-state index is -4.46. The maximum absolute atomic E-state index is 13.6. The number of unbranched alkanes of at least 4 members (excludes halogenated alkanes) is 35. The lowest BCUT2D eigenvalue weighted by Crippen LogP contribution is -2.47. The van der Waals surface area contributed by atoms with E-state index in [9.17, 15) is 19.0 Å². The quantitative estimate of drug-likeness (QED) is 0.0205. The SMILES string of the molecule is CC/C=C\C/C=C\C/C=C\C/C=C\C/C=C\C/C=C\CCCCCCCCC(=O)OC(/C=C/CCCCCCCCCCCC)C(COP(=O)(O)OCC[N+](C)(C)C)NC(=O)CCCCCCCCCCCCCCC/C=C/CCCCCCCC. The van der Waals surface area contributed by atoms with Crippen LogP contribution in [-0.4, -0.2) is 74.3 Å². The van der Waals surface area contributed by atoms with Gasteiger partial charge in [-0.25, -0.2) is 4.57 Å². The third-order valence-electron chi connectivity index (χ3n) is 15.8. The fourth-order valence-corrected chi connectivity index (χ4v) is 11.0. The van der Waals surface area contributed by atoms with Gasteiger partial charge in [0.25, 0.3) is 0 Å². The molecule has 1 amide bonds. The van der Waals surface area contributed by atoms with E-state index in [4.69, 9.17) is 13.8 Å². The van der Waals surface area contributed by atoms with E-state index >= 15 is 0 Å². The highest BCUT2D eigenvalue weighted by atomic mass is 31.2. The Morgan fingerprint density at radius 2 is 0.744 bits per heavy atom. The Morgan fingerprint density at radius 1 is 0.419 bits per heavy atom. The Bertz CT molecular complexity index is 1790. The zero-order chi connectivity index (χ0) is 62.8. The van der Waals surface area contributed by atoms with E-state index in [2.05, 4.69) is 111 Å². The van der Waals surface area contributed by atoms with Crippen LogP contribution in [0.5, 0.6) is 0 Å². The van der Waals surface area contributed by atoms with Gasteiger partial charge in [0.2, 0.25) is 5.91 Å². The Balaban J connectivity index is 5.10. The molecule has 86 heavy (non-hydrogen) atoms. The first-order valence-corrected chi connectivity index (χ1v) is 37.6. The summed E-state index contributed by atoms with van der Waals surface area (Å²) in [6, 6.07) is -0.860. The molecule has 0 aromatic rings. The smallest absolute Gasteiger partial charge is 0.456 e. The topological polar surface area (TPSA) is 111 Å². The van der Waals surface area contributed by atoms with Crippen molar-refractivity contribution in [3.05, 3.63) is 97.2 Å². The standard InChI is InChI=1S/C76H137N2O7P/c1-7-10-13-16-19-22-25-28-30-32-34-36-38-39-41-43-45-47-49-51-54-57-60-63-66-69-76(80)85-74(67-64-61-58-55-52-27-24-21-18-15-12-9-3)73(72-84-86(81,82)83-71-70-78(4,5)6)77-75(79)68-65-62-59-56-53-50-48-46-44-42-40-37-35-33-31-29-26-23-20-17-14-11-8-2/h10,13,19,22,28-31,34,36,39,41,45,47,64,67,73-74H,7-9,11-12,14-18,20-21,23-27,32-33,35,37-38,40,42-44,46,48-63,65-66,68-72H2,1-6H3,(H-,77,79,81,82)/p+1/b13-10-,22-19-,30-28-,31-29+,36-34-,41-39-,47-45-,67-64+. The molecule has 0 aliphatic carbocycles. The molecule has 0 bridgehead atoms. The van der Waals surface area contributed by atoms with Crippen LogP contribution < -0.4 is 5.32 Å². The summed E-state index contributed by atoms with van der Waals surface area (Å²) in [7, 11) is 1.48. The van der Waals surface area contributed by atoms with Crippen LogP contribution in [0.25, 0.3) is 0 Å². The zero-order valence-corrected chi connectivity index (χ0v) is 57.9. The van der Waals surface area contributed by atoms with Gasteiger partial charge < -0.3 is 19.4 Å². The summed E-state index contributed by atoms with van der Waals surface area (Å²) in [5.41, 5.74) is 0. The summed E-state index contributed by atoms with van der Waals surface area (Å²) in [5.74, 6) is -0.517. The van der Waals surface area contributed by atoms with Crippen molar-refractivity contribution in [3.63, 3.8) is 0 Å². The third kappa shape index (κ3) is 65.4. The van der Waals surface area contributed by atoms with Crippen LogP contribution in [0.15, 0.2) is 97.2 Å². The van der Waals surface area contributed by atoms with Crippen molar-refractivity contribution < 1.29 is 37.3 Å². The van der Waals surface area contributed by atoms with E-state index in [-0.39, 0.29) is 31.5 Å². The summed E-state index contributed by atoms with van der Waals surface area (Å²) < 4.78 is 30.8. The van der Waals surface area contributed by atoms with Crippen LogP contribution in [0, 0.1) is 0 Å². The Hall–Kier alpha value is -3.07. The number of rotatable bonds is 65. The van der Waals surface area contributed by atoms with E-state index in [0.717, 1.165) is 122 Å². The fraction of sp³-hybridized carbons (Fsp3) is 0.763. The summed E-state index contributed by atoms with van der Waals surface area (Å²) >= 11 is 0. The number of phosphoric ester groups is 1. The number of ether oxygens (including phenoxy) is 1. The second kappa shape index (κ2) is 64.9. The largest absolute Gasteiger partial charge is 0.472 e. The summed E-state index contributed by atoms with van der Waals surface area (Å²) in [6.07, 6.45) is 88.5. The van der Waals surface area contributed by atoms with E-state index in [1.807, 2.05) is 33.3 Å². The van der Waals surface area contributed by atoms with Crippen molar-refractivity contribution in [2.45, 2.75) is 335 Å². The van der Waals surface area contributed by atoms with E-state index < -0.39 is 20.0 Å². The van der Waals surface area contributed by atoms with Gasteiger partial charge in [0.1, 0.15) is 19.3 Å². The average Bonchev–Trinajstić information content (AvgIpc) is 3.65. The Kier molecular flexibility index (Phi) is 62.6. The lowest BCUT2D eigenvalue weighted by atomic mass is 10.0. The lowest BCUT2D eigenvalue weighted by molar-refractivity contribution is -0.870. The molecule has 0 rings (SSSR count). The predicted octanol–water partition coefficient (Wildman–Crippen LogP) is 23.1. The molecule has 0 aromatic heterocycles. The minimum Gasteiger partial charge on any atom is -0.456 e. The van der Waals surface area contributed by atoms with Crippen LogP contribution in [0.1, 0.15) is 323 Å². The normalized spacial score (nSPS) is 14.1. The molecule has 0 saturated carbocycles. The van der Waals surface area contributed by atoms with Crippen LogP contribution in [0.2, 0.25) is 0 Å². The van der Waals surface area contributed by atoms with Crippen LogP contribution in [0.3, 0.4) is 0 Å². The molecule has 0 aliphatic rings. The number of esters is 1. The van der Waals surface area contributed by atoms with Crippen molar-refractivity contribution in [1.29, 1.82) is 0 Å². The number of nitrogens with zero attached hydrogens (tertiary/aromatic N) is 1. The fourth-order valence-electron chi connectivity index (χ4n) is 10.2. The highest BCUT2D eigenvalue weighted by molar-refractivity contribution is 7.47.